The average molecular weight is 461 g/mol. The van der Waals surface area contributed by atoms with Crippen molar-refractivity contribution in [3.8, 4) is 5.75 Å². The minimum Gasteiger partial charge on any atom is -0.508 e. The van der Waals surface area contributed by atoms with Crippen molar-refractivity contribution in [3.05, 3.63) is 139 Å². The van der Waals surface area contributed by atoms with Gasteiger partial charge in [0.25, 0.3) is 0 Å². The van der Waals surface area contributed by atoms with E-state index in [2.05, 4.69) is 39.8 Å². The molecule has 0 fully saturated rings. The molecule has 0 saturated carbocycles. The first-order valence-electron chi connectivity index (χ1n) is 9.21. The summed E-state index contributed by atoms with van der Waals surface area (Å²) in [5.41, 5.74) is 4.79. The molecule has 0 aliphatic heterocycles. The topological polar surface area (TPSA) is 20.2 Å². The van der Waals surface area contributed by atoms with Gasteiger partial charge in [0.1, 0.15) is 5.75 Å². The Hall–Kier alpha value is -2.44. The second-order valence-electron chi connectivity index (χ2n) is 6.30. The maximum Gasteiger partial charge on any atom is 3.00 e. The molecule has 1 N–H and O–H groups in total. The van der Waals surface area contributed by atoms with Gasteiger partial charge < -0.3 is 5.11 Å². The summed E-state index contributed by atoms with van der Waals surface area (Å²) in [5, 5.41) is 8.63. The van der Waals surface area contributed by atoms with E-state index >= 15 is 0 Å². The fourth-order valence-corrected chi connectivity index (χ4v) is 2.13. The van der Waals surface area contributed by atoms with Gasteiger partial charge >= 0.3 is 26.2 Å². The Kier molecular flexibility index (Phi) is 15.1. The van der Waals surface area contributed by atoms with E-state index in [-0.39, 0.29) is 26.2 Å². The number of benzene rings is 3. The molecule has 147 valence electrons. The molecule has 3 aromatic carbocycles. The van der Waals surface area contributed by atoms with E-state index < -0.39 is 0 Å². The molecule has 0 saturated heterocycles. The summed E-state index contributed by atoms with van der Waals surface area (Å²) in [7, 11) is 0. The molecule has 1 radical (unpaired) electrons. The first-order valence-corrected chi connectivity index (χ1v) is 9.21. The molecule has 29 heavy (non-hydrogen) atoms. The summed E-state index contributed by atoms with van der Waals surface area (Å²) < 4.78 is 0. The first kappa shape index (κ1) is 26.6. The molecule has 0 aromatic heterocycles. The number of phenolic OH excluding ortho intramolecular Hbond substituents is 1. The van der Waals surface area contributed by atoms with Crippen LogP contribution in [-0.4, -0.2) is 5.11 Å². The van der Waals surface area contributed by atoms with Gasteiger partial charge in [-0.25, -0.2) is 11.6 Å². The van der Waals surface area contributed by atoms with Crippen LogP contribution in [0.2, 0.25) is 0 Å². The normalized spacial score (nSPS) is 10.8. The molecular formula is C27H29OZr. The van der Waals surface area contributed by atoms with Crippen LogP contribution >= 0.6 is 0 Å². The van der Waals surface area contributed by atoms with E-state index in [9.17, 15) is 0 Å². The SMILES string of the molecule is CC1=[C-]C(C)=CC1.Oc1ccccc1.[CH2-]c1ccccc1.[CH2-]c1ccccc1.[Zr+3]. The predicted molar refractivity (Wildman–Crippen MR) is 121 cm³/mol. The summed E-state index contributed by atoms with van der Waals surface area (Å²) >= 11 is 0. The Morgan fingerprint density at radius 3 is 1.21 bits per heavy atom. The number of phenols is 1. The van der Waals surface area contributed by atoms with Crippen LogP contribution in [0.5, 0.6) is 5.75 Å². The molecule has 4 rings (SSSR count). The number of hydrogen-bond acceptors (Lipinski definition) is 1. The van der Waals surface area contributed by atoms with Gasteiger partial charge in [-0.1, -0.05) is 50.6 Å². The second kappa shape index (κ2) is 16.5. The first-order chi connectivity index (χ1) is 13.5. The molecule has 2 heteroatoms. The third-order valence-corrected chi connectivity index (χ3v) is 3.57. The number of para-hydroxylation sites is 1. The fourth-order valence-electron chi connectivity index (χ4n) is 2.13. The molecule has 0 unspecified atom stereocenters. The number of allylic oxidation sites excluding steroid dienone is 4. The standard InChI is InChI=1S/C7H9.2C7H7.C6H6O.Zr/c1-6-3-4-7(2)5-6;2*1-7-5-3-2-4-6-7;7-6-4-2-1-3-5-6;/h3H,4H2,1-2H3;2*2-6H,1H2;1-5,7H;/q3*-1;;+3. The molecule has 0 heterocycles. The monoisotopic (exact) mass is 459 g/mol. The Morgan fingerprint density at radius 1 is 0.690 bits per heavy atom. The van der Waals surface area contributed by atoms with Gasteiger partial charge in [-0.3, -0.25) is 6.08 Å². The van der Waals surface area contributed by atoms with E-state index in [0.29, 0.717) is 5.75 Å². The Labute approximate surface area is 196 Å². The Morgan fingerprint density at radius 2 is 1.07 bits per heavy atom. The van der Waals surface area contributed by atoms with Crippen LogP contribution < -0.4 is 0 Å². The Bertz CT molecular complexity index is 733. The van der Waals surface area contributed by atoms with Crippen LogP contribution in [0, 0.1) is 19.9 Å². The molecular weight excluding hydrogens is 432 g/mol. The van der Waals surface area contributed by atoms with Gasteiger partial charge in [-0.15, -0.1) is 24.3 Å². The molecule has 1 aliphatic carbocycles. The van der Waals surface area contributed by atoms with E-state index in [4.69, 9.17) is 5.11 Å². The van der Waals surface area contributed by atoms with Crippen molar-refractivity contribution in [2.75, 3.05) is 0 Å². The van der Waals surface area contributed by atoms with Gasteiger partial charge in [0.2, 0.25) is 0 Å². The predicted octanol–water partition coefficient (Wildman–Crippen LogP) is 7.21. The fraction of sp³-hybridized carbons (Fsp3) is 0.111. The van der Waals surface area contributed by atoms with E-state index in [1.807, 2.05) is 66.7 Å². The van der Waals surface area contributed by atoms with Crippen molar-refractivity contribution in [1.29, 1.82) is 0 Å². The summed E-state index contributed by atoms with van der Waals surface area (Å²) in [6, 6.07) is 28.5. The van der Waals surface area contributed by atoms with Crippen molar-refractivity contribution in [2.45, 2.75) is 20.3 Å². The number of hydrogen-bond donors (Lipinski definition) is 1. The van der Waals surface area contributed by atoms with Crippen LogP contribution in [-0.2, 0) is 26.2 Å². The third-order valence-electron chi connectivity index (χ3n) is 3.57. The summed E-state index contributed by atoms with van der Waals surface area (Å²) in [6.07, 6.45) is 6.50. The molecule has 0 bridgehead atoms. The van der Waals surface area contributed by atoms with Crippen molar-refractivity contribution in [3.63, 3.8) is 0 Å². The minimum absolute atomic E-state index is 0. The molecule has 3 aromatic rings. The minimum atomic E-state index is 0. The molecule has 1 nitrogen and oxygen atoms in total. The van der Waals surface area contributed by atoms with E-state index in [0.717, 1.165) is 17.5 Å². The maximum atomic E-state index is 8.63. The Balaban J connectivity index is 0.000000356. The number of aromatic hydroxyl groups is 1. The van der Waals surface area contributed by atoms with E-state index in [1.54, 1.807) is 24.3 Å². The van der Waals surface area contributed by atoms with Gasteiger partial charge in [0.15, 0.2) is 0 Å². The molecule has 1 aliphatic rings. The van der Waals surface area contributed by atoms with Gasteiger partial charge in [-0.2, -0.15) is 54.8 Å². The quantitative estimate of drug-likeness (QED) is 0.351. The number of rotatable bonds is 0. The zero-order valence-corrected chi connectivity index (χ0v) is 19.8. The third kappa shape index (κ3) is 15.2. The van der Waals surface area contributed by atoms with Gasteiger partial charge in [0.05, 0.1) is 0 Å². The molecule has 0 spiro atoms. The zero-order chi connectivity index (χ0) is 20.6. The van der Waals surface area contributed by atoms with Crippen molar-refractivity contribution >= 4 is 0 Å². The van der Waals surface area contributed by atoms with Crippen molar-refractivity contribution in [1.82, 2.24) is 0 Å². The van der Waals surface area contributed by atoms with Gasteiger partial charge in [0, 0.05) is 0 Å². The zero-order valence-electron chi connectivity index (χ0n) is 17.3. The van der Waals surface area contributed by atoms with Gasteiger partial charge in [-0.05, 0) is 12.1 Å². The van der Waals surface area contributed by atoms with Crippen LogP contribution in [0.1, 0.15) is 31.4 Å². The largest absolute Gasteiger partial charge is 3.00 e. The van der Waals surface area contributed by atoms with Crippen molar-refractivity contribution < 1.29 is 31.3 Å². The summed E-state index contributed by atoms with van der Waals surface area (Å²) in [6.45, 7) is 11.6. The second-order valence-corrected chi connectivity index (χ2v) is 6.30. The van der Waals surface area contributed by atoms with Crippen LogP contribution in [0.15, 0.2) is 108 Å². The molecule has 0 amide bonds. The van der Waals surface area contributed by atoms with Crippen LogP contribution in [0.4, 0.5) is 0 Å². The molecule has 0 atom stereocenters. The van der Waals surface area contributed by atoms with Crippen LogP contribution in [0.3, 0.4) is 0 Å². The smallest absolute Gasteiger partial charge is 0.508 e. The van der Waals surface area contributed by atoms with Crippen molar-refractivity contribution in [2.24, 2.45) is 0 Å². The average Bonchev–Trinajstić information content (AvgIpc) is 3.08. The summed E-state index contributed by atoms with van der Waals surface area (Å²) in [5.74, 6) is 0.322. The maximum absolute atomic E-state index is 8.63. The van der Waals surface area contributed by atoms with E-state index in [1.165, 1.54) is 11.1 Å². The summed E-state index contributed by atoms with van der Waals surface area (Å²) in [4.78, 5) is 0. The van der Waals surface area contributed by atoms with Crippen LogP contribution in [0.25, 0.3) is 0 Å².